The predicted octanol–water partition coefficient (Wildman–Crippen LogP) is 2.10. The maximum Gasteiger partial charge on any atom is 0.308 e. The van der Waals surface area contributed by atoms with E-state index in [1.807, 2.05) is 20.8 Å². The summed E-state index contributed by atoms with van der Waals surface area (Å²) in [6.45, 7) is 6.54. The van der Waals surface area contributed by atoms with Gasteiger partial charge >= 0.3 is 5.97 Å². The quantitative estimate of drug-likeness (QED) is 0.750. The molecule has 1 unspecified atom stereocenters. The molecule has 0 aromatic carbocycles. The van der Waals surface area contributed by atoms with E-state index in [0.29, 0.717) is 31.4 Å². The van der Waals surface area contributed by atoms with Crippen molar-refractivity contribution < 1.29 is 14.6 Å². The lowest BCUT2D eigenvalue weighted by atomic mass is 10.0. The van der Waals surface area contributed by atoms with Gasteiger partial charge in [-0.1, -0.05) is 13.3 Å². The van der Waals surface area contributed by atoms with Gasteiger partial charge in [-0.3, -0.25) is 4.79 Å². The van der Waals surface area contributed by atoms with Gasteiger partial charge in [0.25, 0.3) is 0 Å². The minimum absolute atomic E-state index is 0.318. The Labute approximate surface area is 113 Å². The summed E-state index contributed by atoms with van der Waals surface area (Å²) in [5, 5.41) is 12.0. The van der Waals surface area contributed by atoms with Gasteiger partial charge in [-0.15, -0.1) is 0 Å². The zero-order valence-electron chi connectivity index (χ0n) is 11.6. The third-order valence-electron chi connectivity index (χ3n) is 2.62. The van der Waals surface area contributed by atoms with Gasteiger partial charge in [0.2, 0.25) is 11.8 Å². The van der Waals surface area contributed by atoms with Crippen LogP contribution in [0.5, 0.6) is 5.88 Å². The lowest BCUT2D eigenvalue weighted by Gasteiger charge is -2.13. The number of aryl methyl sites for hydroxylation is 1. The van der Waals surface area contributed by atoms with Gasteiger partial charge in [-0.05, 0) is 20.3 Å². The molecule has 1 atom stereocenters. The zero-order valence-corrected chi connectivity index (χ0v) is 11.6. The van der Waals surface area contributed by atoms with Crippen LogP contribution in [-0.4, -0.2) is 34.2 Å². The molecule has 0 aliphatic heterocycles. The van der Waals surface area contributed by atoms with Crippen molar-refractivity contribution in [2.75, 3.05) is 18.5 Å². The van der Waals surface area contributed by atoms with Gasteiger partial charge in [0.05, 0.1) is 12.5 Å². The fourth-order valence-electron chi connectivity index (χ4n) is 1.72. The summed E-state index contributed by atoms with van der Waals surface area (Å²) in [6, 6.07) is 1.75. The molecule has 0 bridgehead atoms. The molecule has 1 heterocycles. The van der Waals surface area contributed by atoms with Crippen LogP contribution < -0.4 is 10.1 Å². The molecule has 1 rings (SSSR count). The number of nitrogens with one attached hydrogen (secondary N) is 1. The number of carboxylic acids is 1. The Balaban J connectivity index is 2.67. The van der Waals surface area contributed by atoms with Crippen molar-refractivity contribution >= 4 is 11.9 Å². The first-order valence-electron chi connectivity index (χ1n) is 6.52. The summed E-state index contributed by atoms with van der Waals surface area (Å²) in [7, 11) is 0. The van der Waals surface area contributed by atoms with Gasteiger partial charge in [0.1, 0.15) is 0 Å². The molecule has 0 fully saturated rings. The predicted molar refractivity (Wildman–Crippen MR) is 72.5 cm³/mol. The van der Waals surface area contributed by atoms with Crippen molar-refractivity contribution in [3.8, 4) is 5.88 Å². The third kappa shape index (κ3) is 5.11. The number of anilines is 1. The van der Waals surface area contributed by atoms with Crippen LogP contribution in [0.25, 0.3) is 0 Å². The number of hydrogen-bond donors (Lipinski definition) is 2. The monoisotopic (exact) mass is 267 g/mol. The number of carboxylic acid groups (broad SMARTS) is 1. The molecule has 106 valence electrons. The van der Waals surface area contributed by atoms with Crippen LogP contribution in [0.1, 0.15) is 32.4 Å². The lowest BCUT2D eigenvalue weighted by molar-refractivity contribution is -0.141. The molecule has 0 aliphatic carbocycles. The highest BCUT2D eigenvalue weighted by atomic mass is 16.5. The van der Waals surface area contributed by atoms with E-state index in [4.69, 9.17) is 9.84 Å². The number of aliphatic carboxylic acids is 1. The van der Waals surface area contributed by atoms with Crippen LogP contribution in [0.4, 0.5) is 5.95 Å². The van der Waals surface area contributed by atoms with Gasteiger partial charge in [-0.2, -0.15) is 4.98 Å². The maximum atomic E-state index is 11.0. The number of ether oxygens (including phenoxy) is 1. The first-order chi connectivity index (χ1) is 9.06. The molecule has 0 aliphatic rings. The molecule has 0 spiro atoms. The highest BCUT2D eigenvalue weighted by Crippen LogP contribution is 2.13. The second-order valence-corrected chi connectivity index (χ2v) is 4.31. The average molecular weight is 267 g/mol. The summed E-state index contributed by atoms with van der Waals surface area (Å²) >= 11 is 0. The molecular formula is C13H21N3O3. The molecule has 1 aromatic rings. The average Bonchev–Trinajstić information content (AvgIpc) is 2.34. The van der Waals surface area contributed by atoms with E-state index in [2.05, 4.69) is 15.3 Å². The Morgan fingerprint density at radius 3 is 2.79 bits per heavy atom. The molecule has 6 nitrogen and oxygen atoms in total. The minimum Gasteiger partial charge on any atom is -0.481 e. The van der Waals surface area contributed by atoms with Crippen molar-refractivity contribution in [1.82, 2.24) is 9.97 Å². The van der Waals surface area contributed by atoms with Gasteiger partial charge in [0, 0.05) is 18.3 Å². The number of carbonyl (C=O) groups is 1. The molecule has 1 aromatic heterocycles. The van der Waals surface area contributed by atoms with E-state index < -0.39 is 11.9 Å². The Kier molecular flexibility index (Phi) is 6.05. The number of aromatic nitrogens is 2. The first-order valence-corrected chi connectivity index (χ1v) is 6.52. The normalized spacial score (nSPS) is 11.9. The lowest BCUT2D eigenvalue weighted by Crippen LogP contribution is -2.23. The minimum atomic E-state index is -0.799. The van der Waals surface area contributed by atoms with Crippen LogP contribution in [0, 0.1) is 12.8 Å². The summed E-state index contributed by atoms with van der Waals surface area (Å²) in [6.07, 6.45) is 1.46. The summed E-state index contributed by atoms with van der Waals surface area (Å²) < 4.78 is 5.32. The summed E-state index contributed by atoms with van der Waals surface area (Å²) in [5.41, 5.74) is 0.781. The number of nitrogens with zero attached hydrogens (tertiary/aromatic N) is 2. The molecule has 0 amide bonds. The van der Waals surface area contributed by atoms with E-state index in [1.165, 1.54) is 0 Å². The van der Waals surface area contributed by atoms with Crippen LogP contribution in [0.3, 0.4) is 0 Å². The van der Waals surface area contributed by atoms with Crippen LogP contribution in [0.15, 0.2) is 6.07 Å². The largest absolute Gasteiger partial charge is 0.481 e. The first kappa shape index (κ1) is 15.2. The molecule has 2 N–H and O–H groups in total. The Hall–Kier alpha value is -1.85. The van der Waals surface area contributed by atoms with Gasteiger partial charge in [0.15, 0.2) is 0 Å². The van der Waals surface area contributed by atoms with E-state index in [-0.39, 0.29) is 0 Å². The van der Waals surface area contributed by atoms with Crippen molar-refractivity contribution in [3.05, 3.63) is 11.8 Å². The fourth-order valence-corrected chi connectivity index (χ4v) is 1.72. The zero-order chi connectivity index (χ0) is 14.3. The molecular weight excluding hydrogens is 246 g/mol. The third-order valence-corrected chi connectivity index (χ3v) is 2.62. The summed E-state index contributed by atoms with van der Waals surface area (Å²) in [5.74, 6) is -0.317. The second-order valence-electron chi connectivity index (χ2n) is 4.31. The van der Waals surface area contributed by atoms with Crippen LogP contribution in [-0.2, 0) is 4.79 Å². The van der Waals surface area contributed by atoms with E-state index in [0.717, 1.165) is 12.1 Å². The number of hydrogen-bond acceptors (Lipinski definition) is 5. The van der Waals surface area contributed by atoms with Gasteiger partial charge < -0.3 is 15.2 Å². The number of rotatable bonds is 8. The molecule has 6 heteroatoms. The molecule has 0 saturated carbocycles. The fraction of sp³-hybridized carbons (Fsp3) is 0.615. The smallest absolute Gasteiger partial charge is 0.308 e. The van der Waals surface area contributed by atoms with Gasteiger partial charge in [-0.25, -0.2) is 4.98 Å². The summed E-state index contributed by atoms with van der Waals surface area (Å²) in [4.78, 5) is 19.4. The van der Waals surface area contributed by atoms with Crippen molar-refractivity contribution in [2.24, 2.45) is 5.92 Å². The van der Waals surface area contributed by atoms with Crippen molar-refractivity contribution in [3.63, 3.8) is 0 Å². The Morgan fingerprint density at radius 1 is 1.47 bits per heavy atom. The standard InChI is InChI=1S/C13H21N3O3/c1-4-6-10(12(17)18)8-14-13-15-9(3)7-11(16-13)19-5-2/h7,10H,4-6,8H2,1-3H3,(H,17,18)(H,14,15,16). The Morgan fingerprint density at radius 2 is 2.21 bits per heavy atom. The second kappa shape index (κ2) is 7.56. The van der Waals surface area contributed by atoms with E-state index in [9.17, 15) is 4.79 Å². The maximum absolute atomic E-state index is 11.0. The topological polar surface area (TPSA) is 84.3 Å². The SMILES string of the molecule is CCCC(CNc1nc(C)cc(OCC)n1)C(=O)O. The van der Waals surface area contributed by atoms with E-state index >= 15 is 0 Å². The molecule has 19 heavy (non-hydrogen) atoms. The van der Waals surface area contributed by atoms with Crippen LogP contribution >= 0.6 is 0 Å². The van der Waals surface area contributed by atoms with E-state index in [1.54, 1.807) is 6.07 Å². The van der Waals surface area contributed by atoms with Crippen LogP contribution in [0.2, 0.25) is 0 Å². The highest BCUT2D eigenvalue weighted by molar-refractivity contribution is 5.70. The Bertz CT molecular complexity index is 424. The van der Waals surface area contributed by atoms with Crippen molar-refractivity contribution in [2.45, 2.75) is 33.6 Å². The van der Waals surface area contributed by atoms with Crippen molar-refractivity contribution in [1.29, 1.82) is 0 Å². The molecule has 0 radical (unpaired) electrons. The molecule has 0 saturated heterocycles. The highest BCUT2D eigenvalue weighted by Gasteiger charge is 2.16.